The summed E-state index contributed by atoms with van der Waals surface area (Å²) in [7, 11) is 0. The lowest BCUT2D eigenvalue weighted by atomic mass is 9.82. The molecule has 0 amide bonds. The van der Waals surface area contributed by atoms with Crippen LogP contribution in [0.1, 0.15) is 39.4 Å². The highest BCUT2D eigenvalue weighted by atomic mass is 35.5. The van der Waals surface area contributed by atoms with E-state index in [2.05, 4.69) is 0 Å². The Morgan fingerprint density at radius 1 is 1.19 bits per heavy atom. The monoisotopic (exact) mass is 304 g/mol. The first-order chi connectivity index (χ1) is 9.68. The second-order valence-corrected chi connectivity index (χ2v) is 5.07. The summed E-state index contributed by atoms with van der Waals surface area (Å²) in [5, 5.41) is 9.44. The maximum atomic E-state index is 11.5. The van der Waals surface area contributed by atoms with Gasteiger partial charge in [0.05, 0.1) is 12.2 Å². The quantitative estimate of drug-likeness (QED) is 0.911. The molecule has 0 saturated carbocycles. The molecular formula is C17H17ClO3. The summed E-state index contributed by atoms with van der Waals surface area (Å²) in [6.07, 6.45) is 0.808. The standard InChI is InChI=1S/C17H16O3.ClH/c1-11-5-4-7-14(17(18)19)16(11)13-9-10-20-15-8-3-2-6-12(13)15;/h2-8,13H,9-10H2,1H3,(H,18,19);1H. The number of aromatic carboxylic acids is 1. The van der Waals surface area contributed by atoms with Crippen molar-refractivity contribution in [3.05, 3.63) is 64.7 Å². The number of benzene rings is 2. The van der Waals surface area contributed by atoms with E-state index >= 15 is 0 Å². The third-order valence-corrected chi connectivity index (χ3v) is 3.86. The molecule has 3 rings (SSSR count). The van der Waals surface area contributed by atoms with E-state index in [1.807, 2.05) is 37.3 Å². The number of carboxylic acid groups (broad SMARTS) is 1. The van der Waals surface area contributed by atoms with Gasteiger partial charge in [0.15, 0.2) is 0 Å². The van der Waals surface area contributed by atoms with Crippen LogP contribution in [0.2, 0.25) is 0 Å². The lowest BCUT2D eigenvalue weighted by molar-refractivity contribution is 0.0695. The maximum Gasteiger partial charge on any atom is 0.335 e. The number of carboxylic acids is 1. The van der Waals surface area contributed by atoms with E-state index in [0.717, 1.165) is 28.9 Å². The smallest absolute Gasteiger partial charge is 0.335 e. The van der Waals surface area contributed by atoms with Gasteiger partial charge in [-0.15, -0.1) is 12.4 Å². The highest BCUT2D eigenvalue weighted by molar-refractivity contribution is 5.90. The van der Waals surface area contributed by atoms with E-state index in [1.165, 1.54) is 0 Å². The van der Waals surface area contributed by atoms with E-state index < -0.39 is 5.97 Å². The van der Waals surface area contributed by atoms with Crippen LogP contribution in [0.5, 0.6) is 5.75 Å². The minimum absolute atomic E-state index is 0. The SMILES string of the molecule is Cc1cccc(C(=O)O)c1C1CCOc2ccccc21.Cl. The van der Waals surface area contributed by atoms with Crippen LogP contribution in [0, 0.1) is 6.92 Å². The normalized spacial score (nSPS) is 16.3. The zero-order valence-electron chi connectivity index (χ0n) is 11.7. The van der Waals surface area contributed by atoms with Gasteiger partial charge in [-0.1, -0.05) is 30.3 Å². The first-order valence-corrected chi connectivity index (χ1v) is 6.73. The van der Waals surface area contributed by atoms with Crippen molar-refractivity contribution in [2.24, 2.45) is 0 Å². The van der Waals surface area contributed by atoms with Crippen LogP contribution in [0.3, 0.4) is 0 Å². The molecule has 1 heterocycles. The van der Waals surface area contributed by atoms with E-state index in [-0.39, 0.29) is 18.3 Å². The van der Waals surface area contributed by atoms with Crippen LogP contribution in [0.15, 0.2) is 42.5 Å². The Morgan fingerprint density at radius 2 is 1.95 bits per heavy atom. The number of ether oxygens (including phenoxy) is 1. The van der Waals surface area contributed by atoms with Gasteiger partial charge in [0.25, 0.3) is 0 Å². The molecule has 1 unspecified atom stereocenters. The van der Waals surface area contributed by atoms with Gasteiger partial charge in [-0.05, 0) is 36.6 Å². The molecule has 110 valence electrons. The second-order valence-electron chi connectivity index (χ2n) is 5.07. The van der Waals surface area contributed by atoms with Gasteiger partial charge >= 0.3 is 5.97 Å². The van der Waals surface area contributed by atoms with Crippen LogP contribution in [0.25, 0.3) is 0 Å². The zero-order chi connectivity index (χ0) is 14.1. The predicted molar refractivity (Wildman–Crippen MR) is 83.8 cm³/mol. The maximum absolute atomic E-state index is 11.5. The fourth-order valence-corrected chi connectivity index (χ4v) is 2.97. The minimum Gasteiger partial charge on any atom is -0.493 e. The molecule has 0 radical (unpaired) electrons. The molecular weight excluding hydrogens is 288 g/mol. The number of hydrogen-bond acceptors (Lipinski definition) is 2. The fourth-order valence-electron chi connectivity index (χ4n) is 2.97. The number of rotatable bonds is 2. The van der Waals surface area contributed by atoms with Crippen LogP contribution in [-0.2, 0) is 0 Å². The number of fused-ring (bicyclic) bond motifs is 1. The van der Waals surface area contributed by atoms with Gasteiger partial charge in [-0.3, -0.25) is 0 Å². The topological polar surface area (TPSA) is 46.5 Å². The predicted octanol–water partition coefficient (Wildman–Crippen LogP) is 4.03. The summed E-state index contributed by atoms with van der Waals surface area (Å²) in [5.41, 5.74) is 3.41. The Balaban J connectivity index is 0.00000161. The number of carbonyl (C=O) groups is 1. The van der Waals surface area contributed by atoms with Gasteiger partial charge in [-0.2, -0.15) is 0 Å². The summed E-state index contributed by atoms with van der Waals surface area (Å²) in [6.45, 7) is 2.59. The summed E-state index contributed by atoms with van der Waals surface area (Å²) < 4.78 is 5.67. The lowest BCUT2D eigenvalue weighted by Crippen LogP contribution is -2.18. The van der Waals surface area contributed by atoms with Crippen molar-refractivity contribution < 1.29 is 14.6 Å². The molecule has 0 aliphatic carbocycles. The van der Waals surface area contributed by atoms with Gasteiger partial charge in [0.1, 0.15) is 5.75 Å². The largest absolute Gasteiger partial charge is 0.493 e. The average molecular weight is 305 g/mol. The van der Waals surface area contributed by atoms with Crippen molar-refractivity contribution in [1.82, 2.24) is 0 Å². The summed E-state index contributed by atoms with van der Waals surface area (Å²) in [4.78, 5) is 11.5. The Bertz CT molecular complexity index is 667. The van der Waals surface area contributed by atoms with Crippen molar-refractivity contribution in [3.63, 3.8) is 0 Å². The van der Waals surface area contributed by atoms with E-state index in [1.54, 1.807) is 12.1 Å². The molecule has 2 aromatic carbocycles. The van der Waals surface area contributed by atoms with Crippen LogP contribution >= 0.6 is 12.4 Å². The molecule has 0 aromatic heterocycles. The summed E-state index contributed by atoms with van der Waals surface area (Å²) in [5.74, 6) is 0.0864. The fraction of sp³-hybridized carbons (Fsp3) is 0.235. The number of halogens is 1. The molecule has 3 nitrogen and oxygen atoms in total. The Labute approximate surface area is 130 Å². The molecule has 0 spiro atoms. The van der Waals surface area contributed by atoms with Gasteiger partial charge < -0.3 is 9.84 Å². The van der Waals surface area contributed by atoms with Gasteiger partial charge in [0, 0.05) is 11.5 Å². The highest BCUT2D eigenvalue weighted by Gasteiger charge is 2.27. The Morgan fingerprint density at radius 3 is 2.71 bits per heavy atom. The molecule has 1 aliphatic heterocycles. The molecule has 1 aliphatic rings. The third-order valence-electron chi connectivity index (χ3n) is 3.86. The van der Waals surface area contributed by atoms with Crippen LogP contribution in [-0.4, -0.2) is 17.7 Å². The van der Waals surface area contributed by atoms with Crippen LogP contribution in [0.4, 0.5) is 0 Å². The Hall–Kier alpha value is -2.00. The zero-order valence-corrected chi connectivity index (χ0v) is 12.5. The third kappa shape index (κ3) is 2.74. The van der Waals surface area contributed by atoms with Crippen molar-refractivity contribution in [3.8, 4) is 5.75 Å². The Kier molecular flexibility index (Phi) is 4.53. The van der Waals surface area contributed by atoms with Crippen molar-refractivity contribution in [2.45, 2.75) is 19.3 Å². The molecule has 0 bridgehead atoms. The van der Waals surface area contributed by atoms with Gasteiger partial charge in [0.2, 0.25) is 0 Å². The second kappa shape index (κ2) is 6.19. The molecule has 21 heavy (non-hydrogen) atoms. The first-order valence-electron chi connectivity index (χ1n) is 6.73. The van der Waals surface area contributed by atoms with Crippen molar-refractivity contribution in [2.75, 3.05) is 6.61 Å². The van der Waals surface area contributed by atoms with Crippen LogP contribution < -0.4 is 4.74 Å². The number of hydrogen-bond donors (Lipinski definition) is 1. The van der Waals surface area contributed by atoms with E-state index in [4.69, 9.17) is 4.74 Å². The van der Waals surface area contributed by atoms with E-state index in [0.29, 0.717) is 12.2 Å². The minimum atomic E-state index is -0.868. The summed E-state index contributed by atoms with van der Waals surface area (Å²) >= 11 is 0. The average Bonchev–Trinajstić information content (AvgIpc) is 2.46. The number of aryl methyl sites for hydroxylation is 1. The lowest BCUT2D eigenvalue weighted by Gasteiger charge is -2.28. The molecule has 1 atom stereocenters. The van der Waals surface area contributed by atoms with Gasteiger partial charge in [-0.25, -0.2) is 4.79 Å². The van der Waals surface area contributed by atoms with Crippen molar-refractivity contribution >= 4 is 18.4 Å². The molecule has 0 saturated heterocycles. The first kappa shape index (κ1) is 15.4. The molecule has 0 fully saturated rings. The highest BCUT2D eigenvalue weighted by Crippen LogP contribution is 2.40. The number of para-hydroxylation sites is 1. The molecule has 2 aromatic rings. The van der Waals surface area contributed by atoms with E-state index in [9.17, 15) is 9.90 Å². The summed E-state index contributed by atoms with van der Waals surface area (Å²) in [6, 6.07) is 13.3. The molecule has 1 N–H and O–H groups in total. The molecule has 4 heteroatoms. The van der Waals surface area contributed by atoms with Crippen molar-refractivity contribution in [1.29, 1.82) is 0 Å².